The van der Waals surface area contributed by atoms with Crippen LogP contribution >= 0.6 is 0 Å². The van der Waals surface area contributed by atoms with Crippen LogP contribution in [-0.4, -0.2) is 0 Å². The van der Waals surface area contributed by atoms with Crippen molar-refractivity contribution in [1.29, 1.82) is 0 Å². The predicted molar refractivity (Wildman–Crippen MR) is 138 cm³/mol. The highest BCUT2D eigenvalue weighted by molar-refractivity contribution is 5.89. The minimum absolute atomic E-state index is 0.0449. The molecule has 0 aliphatic rings. The maximum Gasteiger partial charge on any atom is 0.0632 e. The predicted octanol–water partition coefficient (Wildman–Crippen LogP) is 8.50. The molecule has 0 heterocycles. The molecule has 0 saturated heterocycles. The van der Waals surface area contributed by atoms with Crippen LogP contribution in [-0.2, 0) is 16.2 Å². The van der Waals surface area contributed by atoms with Gasteiger partial charge in [0.05, 0.1) is 5.48 Å². The Kier molecular flexibility index (Phi) is 4.58. The van der Waals surface area contributed by atoms with E-state index in [0.717, 1.165) is 11.1 Å². The second kappa shape index (κ2) is 7.86. The van der Waals surface area contributed by atoms with Gasteiger partial charge in [-0.05, 0) is 44.1 Å². The van der Waals surface area contributed by atoms with Crippen LogP contribution in [0.2, 0.25) is 0 Å². The third-order valence-electron chi connectivity index (χ3n) is 5.73. The number of hydrogen-bond donors (Lipinski definition) is 1. The molecule has 3 rings (SSSR count). The number of anilines is 1. The molecule has 2 N–H and O–H groups in total. The Labute approximate surface area is 195 Å². The van der Waals surface area contributed by atoms with Gasteiger partial charge in [0.25, 0.3) is 0 Å². The van der Waals surface area contributed by atoms with Crippen LogP contribution in [0.5, 0.6) is 0 Å². The van der Waals surface area contributed by atoms with E-state index in [1.54, 1.807) is 0 Å². The van der Waals surface area contributed by atoms with Crippen LogP contribution in [0, 0.1) is 0 Å². The van der Waals surface area contributed by atoms with Crippen molar-refractivity contribution in [1.82, 2.24) is 0 Å². The molecule has 0 atom stereocenters. The second-order valence-electron chi connectivity index (χ2n) is 11.6. The molecule has 0 aliphatic carbocycles. The van der Waals surface area contributed by atoms with Crippen LogP contribution in [0.3, 0.4) is 0 Å². The van der Waals surface area contributed by atoms with E-state index >= 15 is 0 Å². The quantitative estimate of drug-likeness (QED) is 0.416. The van der Waals surface area contributed by atoms with Crippen molar-refractivity contribution in [3.8, 4) is 22.3 Å². The smallest absolute Gasteiger partial charge is 0.0632 e. The van der Waals surface area contributed by atoms with E-state index in [2.05, 4.69) is 59.7 Å². The maximum absolute atomic E-state index is 8.94. The van der Waals surface area contributed by atoms with Gasteiger partial charge in [0.1, 0.15) is 0 Å². The van der Waals surface area contributed by atoms with Crippen molar-refractivity contribution in [2.75, 3.05) is 5.73 Å². The van der Waals surface area contributed by atoms with E-state index < -0.39 is 5.41 Å². The third-order valence-corrected chi connectivity index (χ3v) is 5.73. The number of hydrogen-bond acceptors (Lipinski definition) is 1. The summed E-state index contributed by atoms with van der Waals surface area (Å²) in [7, 11) is 0. The molecule has 0 amide bonds. The molecule has 1 heteroatoms. The Morgan fingerprint density at radius 1 is 0.645 bits per heavy atom. The summed E-state index contributed by atoms with van der Waals surface area (Å²) in [6, 6.07) is 12.1. The fraction of sp³-hybridized carbons (Fsp3) is 0.400. The Balaban J connectivity index is 2.37. The summed E-state index contributed by atoms with van der Waals surface area (Å²) >= 11 is 0. The lowest BCUT2D eigenvalue weighted by molar-refractivity contribution is 0.569. The highest BCUT2D eigenvalue weighted by Crippen LogP contribution is 2.39. The fourth-order valence-electron chi connectivity index (χ4n) is 3.54. The molecule has 0 unspecified atom stereocenters. The normalized spacial score (nSPS) is 14.6. The Morgan fingerprint density at radius 2 is 1.13 bits per heavy atom. The Bertz CT molecular complexity index is 1250. The van der Waals surface area contributed by atoms with Gasteiger partial charge in [-0.15, -0.1) is 0 Å². The third kappa shape index (κ3) is 5.03. The Morgan fingerprint density at radius 3 is 1.61 bits per heavy atom. The van der Waals surface area contributed by atoms with Gasteiger partial charge in [-0.3, -0.25) is 0 Å². The summed E-state index contributed by atoms with van der Waals surface area (Å²) in [6.45, 7) is 19.0. The topological polar surface area (TPSA) is 26.0 Å². The van der Waals surface area contributed by atoms with Gasteiger partial charge in [0.15, 0.2) is 0 Å². The van der Waals surface area contributed by atoms with Crippen molar-refractivity contribution in [3.63, 3.8) is 0 Å². The summed E-state index contributed by atoms with van der Waals surface area (Å²) in [5.74, 6) is 0. The molecule has 0 fully saturated rings. The lowest BCUT2D eigenvalue weighted by Crippen LogP contribution is -2.16. The standard InChI is InChI=1S/C30H39N/c1-28(2,3)22-13-10-12-20(16-22)25-14-11-15-26(27(25)31)21-17-23(29(4,5)6)19-24(18-21)30(7,8)9/h10-19H,31H2,1-9H3/i10D,12D,13D,16D. The summed E-state index contributed by atoms with van der Waals surface area (Å²) < 4.78 is 34.4. The molecular weight excluding hydrogens is 374 g/mol. The van der Waals surface area contributed by atoms with Crippen molar-refractivity contribution in [2.24, 2.45) is 0 Å². The van der Waals surface area contributed by atoms with E-state index in [0.29, 0.717) is 22.4 Å². The first-order valence-electron chi connectivity index (χ1n) is 13.0. The molecule has 0 bridgehead atoms. The molecule has 3 aromatic rings. The average Bonchev–Trinajstić information content (AvgIpc) is 2.71. The molecule has 3 aromatic carbocycles. The number of nitrogen functional groups attached to an aromatic ring is 1. The zero-order chi connectivity index (χ0) is 26.7. The zero-order valence-corrected chi connectivity index (χ0v) is 20.5. The van der Waals surface area contributed by atoms with Gasteiger partial charge < -0.3 is 5.73 Å². The molecule has 0 aliphatic heterocycles. The van der Waals surface area contributed by atoms with Crippen LogP contribution in [0.25, 0.3) is 22.3 Å². The lowest BCUT2D eigenvalue weighted by atomic mass is 9.78. The first kappa shape index (κ1) is 18.1. The largest absolute Gasteiger partial charge is 0.398 e. The van der Waals surface area contributed by atoms with E-state index in [4.69, 9.17) is 11.2 Å². The summed E-state index contributed by atoms with van der Waals surface area (Å²) in [4.78, 5) is 0. The lowest BCUT2D eigenvalue weighted by Gasteiger charge is -2.27. The highest BCUT2D eigenvalue weighted by Gasteiger charge is 2.22. The van der Waals surface area contributed by atoms with E-state index in [1.807, 2.05) is 39.0 Å². The van der Waals surface area contributed by atoms with Gasteiger partial charge in [-0.2, -0.15) is 0 Å². The summed E-state index contributed by atoms with van der Waals surface area (Å²) in [5, 5.41) is 0. The average molecular weight is 418 g/mol. The van der Waals surface area contributed by atoms with Gasteiger partial charge >= 0.3 is 0 Å². The SMILES string of the molecule is [2H]c1c([2H])c(-c2cccc(-c3cc(C(C)(C)C)cc(C(C)(C)C)c3)c2N)c([2H])c(C(C)(C)C)c1[2H]. The molecule has 0 radical (unpaired) electrons. The van der Waals surface area contributed by atoms with E-state index in [-0.39, 0.29) is 35.0 Å². The van der Waals surface area contributed by atoms with Crippen LogP contribution in [0.1, 0.15) is 84.5 Å². The van der Waals surface area contributed by atoms with Crippen molar-refractivity contribution >= 4 is 5.69 Å². The number of nitrogens with two attached hydrogens (primary N) is 1. The first-order valence-corrected chi connectivity index (χ1v) is 11.0. The number of para-hydroxylation sites is 1. The van der Waals surface area contributed by atoms with Crippen LogP contribution in [0.15, 0.2) is 60.6 Å². The summed E-state index contributed by atoms with van der Waals surface area (Å²) in [6.07, 6.45) is 0. The molecular formula is C30H39N. The zero-order valence-electron chi connectivity index (χ0n) is 24.5. The number of benzene rings is 3. The first-order chi connectivity index (χ1) is 15.9. The van der Waals surface area contributed by atoms with Gasteiger partial charge in [0, 0.05) is 16.8 Å². The van der Waals surface area contributed by atoms with Crippen molar-refractivity contribution in [3.05, 3.63) is 77.3 Å². The van der Waals surface area contributed by atoms with E-state index in [1.165, 1.54) is 11.1 Å². The second-order valence-corrected chi connectivity index (χ2v) is 11.6. The van der Waals surface area contributed by atoms with Crippen LogP contribution in [0.4, 0.5) is 5.69 Å². The molecule has 164 valence electrons. The minimum atomic E-state index is -0.512. The molecule has 0 saturated carbocycles. The maximum atomic E-state index is 8.94. The Hall–Kier alpha value is -2.54. The molecule has 31 heavy (non-hydrogen) atoms. The van der Waals surface area contributed by atoms with E-state index in [9.17, 15) is 0 Å². The van der Waals surface area contributed by atoms with Gasteiger partial charge in [-0.25, -0.2) is 0 Å². The number of rotatable bonds is 2. The molecule has 1 nitrogen and oxygen atoms in total. The highest BCUT2D eigenvalue weighted by atomic mass is 14.6. The van der Waals surface area contributed by atoms with Crippen molar-refractivity contribution in [2.45, 2.75) is 78.6 Å². The van der Waals surface area contributed by atoms with Crippen molar-refractivity contribution < 1.29 is 5.48 Å². The van der Waals surface area contributed by atoms with Gasteiger partial charge in [0.2, 0.25) is 0 Å². The fourth-order valence-corrected chi connectivity index (χ4v) is 3.54. The van der Waals surface area contributed by atoms with Crippen LogP contribution < -0.4 is 5.73 Å². The summed E-state index contributed by atoms with van der Waals surface area (Å²) in [5.41, 5.74) is 12.3. The molecule has 0 aromatic heterocycles. The monoisotopic (exact) mass is 417 g/mol. The molecule has 0 spiro atoms. The minimum Gasteiger partial charge on any atom is -0.398 e. The van der Waals surface area contributed by atoms with Gasteiger partial charge in [-0.1, -0.05) is 123 Å².